The molecule has 1 nitrogen and oxygen atoms in total. The van der Waals surface area contributed by atoms with Crippen molar-refractivity contribution in [2.75, 3.05) is 0 Å². The van der Waals surface area contributed by atoms with Gasteiger partial charge < -0.3 is 0 Å². The van der Waals surface area contributed by atoms with Crippen LogP contribution in [0.5, 0.6) is 0 Å². The Morgan fingerprint density at radius 1 is 0.941 bits per heavy atom. The summed E-state index contributed by atoms with van der Waals surface area (Å²) >= 11 is 0. The van der Waals surface area contributed by atoms with Crippen molar-refractivity contribution in [2.45, 2.75) is 0 Å². The van der Waals surface area contributed by atoms with E-state index >= 15 is 0 Å². The Hall–Kier alpha value is -1.71. The van der Waals surface area contributed by atoms with Crippen LogP contribution in [0.3, 0.4) is 0 Å². The Balaban J connectivity index is -0.000000189. The fraction of sp³-hybridized carbons (Fsp3) is 0. The molecule has 0 saturated heterocycles. The standard InChI is InChI=1S/C8H8.C4H6.C3H3N.Zn/c1-2-8-6-4-3-5-7-8;1-3-4-2;1-2-3-4;/h2-7H,1H2;3-4H,1-2H2;2H,1H2;. The third-order valence-corrected chi connectivity index (χ3v) is 1.29. The molecule has 0 aliphatic heterocycles. The normalized spacial score (nSPS) is 6.06. The minimum atomic E-state index is 0. The second-order valence-corrected chi connectivity index (χ2v) is 2.42. The molecule has 1 aromatic carbocycles. The molecule has 1 rings (SSSR count). The average Bonchev–Trinajstić information content (AvgIpc) is 2.40. The minimum absolute atomic E-state index is 0. The first-order chi connectivity index (χ1) is 7.76. The van der Waals surface area contributed by atoms with E-state index in [1.165, 1.54) is 11.6 Å². The molecule has 0 aliphatic carbocycles. The first-order valence-electron chi connectivity index (χ1n) is 4.68. The Morgan fingerprint density at radius 2 is 1.35 bits per heavy atom. The Kier molecular flexibility index (Phi) is 24.1. The summed E-state index contributed by atoms with van der Waals surface area (Å²) in [6, 6.07) is 11.7. The van der Waals surface area contributed by atoms with Gasteiger partial charge in [0.15, 0.2) is 0 Å². The van der Waals surface area contributed by atoms with Gasteiger partial charge in [0.25, 0.3) is 0 Å². The molecule has 17 heavy (non-hydrogen) atoms. The van der Waals surface area contributed by atoms with E-state index in [0.717, 1.165) is 0 Å². The summed E-state index contributed by atoms with van der Waals surface area (Å²) < 4.78 is 0. The molecule has 1 aromatic rings. The summed E-state index contributed by atoms with van der Waals surface area (Å²) in [6.07, 6.45) is 6.29. The topological polar surface area (TPSA) is 23.8 Å². The molecule has 0 heterocycles. The first-order valence-corrected chi connectivity index (χ1v) is 4.68. The second kappa shape index (κ2) is 19.8. The summed E-state index contributed by atoms with van der Waals surface area (Å²) in [4.78, 5) is 0. The van der Waals surface area contributed by atoms with Gasteiger partial charge in [-0.05, 0) is 5.56 Å². The van der Waals surface area contributed by atoms with Crippen molar-refractivity contribution in [3.8, 4) is 6.07 Å². The van der Waals surface area contributed by atoms with E-state index < -0.39 is 0 Å². The number of nitrogens with zero attached hydrogens (tertiary/aromatic N) is 1. The number of allylic oxidation sites excluding steroid dienone is 3. The van der Waals surface area contributed by atoms with Crippen LogP contribution in [0.15, 0.2) is 74.9 Å². The Bertz CT molecular complexity index is 341. The zero-order valence-electron chi connectivity index (χ0n) is 10.2. The van der Waals surface area contributed by atoms with Crippen LogP contribution < -0.4 is 0 Å². The van der Waals surface area contributed by atoms with Gasteiger partial charge in [-0.3, -0.25) is 0 Å². The van der Waals surface area contributed by atoms with Crippen LogP contribution in [0.25, 0.3) is 6.08 Å². The molecule has 0 aliphatic rings. The molecule has 0 unspecified atom stereocenters. The molecule has 2 heteroatoms. The zero-order chi connectivity index (χ0) is 12.6. The third-order valence-electron chi connectivity index (χ3n) is 1.29. The number of hydrogen-bond donors (Lipinski definition) is 0. The molecule has 0 fully saturated rings. The fourth-order valence-electron chi connectivity index (χ4n) is 0.589. The van der Waals surface area contributed by atoms with Gasteiger partial charge in [0, 0.05) is 25.6 Å². The average molecular weight is 277 g/mol. The predicted molar refractivity (Wildman–Crippen MR) is 72.7 cm³/mol. The maximum absolute atomic E-state index is 7.51. The summed E-state index contributed by atoms with van der Waals surface area (Å²) in [6.45, 7) is 13.5. The molecule has 0 spiro atoms. The monoisotopic (exact) mass is 275 g/mol. The van der Waals surface area contributed by atoms with Crippen LogP contribution in [-0.4, -0.2) is 0 Å². The largest absolute Gasteiger partial charge is 0.193 e. The van der Waals surface area contributed by atoms with Gasteiger partial charge >= 0.3 is 0 Å². The molecule has 0 atom stereocenters. The number of benzene rings is 1. The fourth-order valence-corrected chi connectivity index (χ4v) is 0.589. The molecule has 0 saturated carbocycles. The van der Waals surface area contributed by atoms with Crippen molar-refractivity contribution in [2.24, 2.45) is 0 Å². The first kappa shape index (κ1) is 20.7. The van der Waals surface area contributed by atoms with Gasteiger partial charge in [-0.25, -0.2) is 0 Å². The smallest absolute Gasteiger partial charge is 0.0905 e. The van der Waals surface area contributed by atoms with Gasteiger partial charge in [-0.2, -0.15) is 5.26 Å². The van der Waals surface area contributed by atoms with E-state index in [-0.39, 0.29) is 19.5 Å². The quantitative estimate of drug-likeness (QED) is 0.447. The third kappa shape index (κ3) is 20.4. The Morgan fingerprint density at radius 3 is 1.53 bits per heavy atom. The maximum atomic E-state index is 7.51. The summed E-state index contributed by atoms with van der Waals surface area (Å²) in [5.74, 6) is 0. The van der Waals surface area contributed by atoms with Crippen molar-refractivity contribution in [3.05, 3.63) is 80.4 Å². The molecule has 84 valence electrons. The number of rotatable bonds is 2. The van der Waals surface area contributed by atoms with Crippen LogP contribution in [0.2, 0.25) is 0 Å². The molecule has 0 radical (unpaired) electrons. The van der Waals surface area contributed by atoms with Crippen molar-refractivity contribution >= 4 is 6.08 Å². The van der Waals surface area contributed by atoms with Crippen LogP contribution in [0.1, 0.15) is 5.56 Å². The van der Waals surface area contributed by atoms with Crippen LogP contribution in [0, 0.1) is 11.3 Å². The SMILES string of the molecule is C=CC#N.C=CC=C.C=Cc1ccccc1.[Zn]. The van der Waals surface area contributed by atoms with E-state index in [2.05, 4.69) is 26.3 Å². The van der Waals surface area contributed by atoms with Gasteiger partial charge in [-0.15, -0.1) is 0 Å². The van der Waals surface area contributed by atoms with E-state index in [4.69, 9.17) is 5.26 Å². The molecule has 0 bridgehead atoms. The predicted octanol–water partition coefficient (Wildman–Crippen LogP) is 4.38. The van der Waals surface area contributed by atoms with Gasteiger partial charge in [0.2, 0.25) is 0 Å². The Labute approximate surface area is 117 Å². The molecular formula is C15H17NZn. The molecule has 0 N–H and O–H groups in total. The van der Waals surface area contributed by atoms with Crippen molar-refractivity contribution in [1.29, 1.82) is 5.26 Å². The number of nitriles is 1. The number of hydrogen-bond acceptors (Lipinski definition) is 1. The summed E-state index contributed by atoms with van der Waals surface area (Å²) in [7, 11) is 0. The van der Waals surface area contributed by atoms with E-state index in [1.807, 2.05) is 36.4 Å². The van der Waals surface area contributed by atoms with Crippen LogP contribution >= 0.6 is 0 Å². The van der Waals surface area contributed by atoms with Crippen molar-refractivity contribution < 1.29 is 19.5 Å². The van der Waals surface area contributed by atoms with Gasteiger partial charge in [0.05, 0.1) is 6.07 Å². The van der Waals surface area contributed by atoms with Gasteiger partial charge in [-0.1, -0.05) is 74.9 Å². The van der Waals surface area contributed by atoms with E-state index in [9.17, 15) is 0 Å². The van der Waals surface area contributed by atoms with Crippen LogP contribution in [0.4, 0.5) is 0 Å². The van der Waals surface area contributed by atoms with Gasteiger partial charge in [0.1, 0.15) is 0 Å². The molecular weight excluding hydrogens is 260 g/mol. The second-order valence-electron chi connectivity index (χ2n) is 2.42. The minimum Gasteiger partial charge on any atom is -0.193 e. The summed E-state index contributed by atoms with van der Waals surface area (Å²) in [5, 5.41) is 7.51. The molecule has 0 aromatic heterocycles. The van der Waals surface area contributed by atoms with E-state index in [1.54, 1.807) is 18.2 Å². The zero-order valence-corrected chi connectivity index (χ0v) is 13.1. The maximum Gasteiger partial charge on any atom is 0.0905 e. The van der Waals surface area contributed by atoms with Crippen molar-refractivity contribution in [1.82, 2.24) is 0 Å². The molecule has 0 amide bonds. The van der Waals surface area contributed by atoms with Crippen molar-refractivity contribution in [3.63, 3.8) is 0 Å². The summed E-state index contributed by atoms with van der Waals surface area (Å²) in [5.41, 5.74) is 1.17. The van der Waals surface area contributed by atoms with Crippen LogP contribution in [-0.2, 0) is 19.5 Å². The van der Waals surface area contributed by atoms with E-state index in [0.29, 0.717) is 0 Å².